The fourth-order valence-corrected chi connectivity index (χ4v) is 2.16. The monoisotopic (exact) mass is 302 g/mol. The van der Waals surface area contributed by atoms with Gasteiger partial charge in [0.25, 0.3) is 0 Å². The molecule has 0 fully saturated rings. The van der Waals surface area contributed by atoms with Gasteiger partial charge in [0.15, 0.2) is 11.1 Å². The minimum atomic E-state index is -1.45. The summed E-state index contributed by atoms with van der Waals surface area (Å²) in [5.41, 5.74) is 0.721. The third-order valence-electron chi connectivity index (χ3n) is 3.27. The highest BCUT2D eigenvalue weighted by Crippen LogP contribution is 2.22. The van der Waals surface area contributed by atoms with Gasteiger partial charge in [0.05, 0.1) is 24.9 Å². The summed E-state index contributed by atoms with van der Waals surface area (Å²) in [6, 6.07) is 9.03. The molecule has 5 atom stereocenters. The predicted octanol–water partition coefficient (Wildman–Crippen LogP) is 0.778. The fraction of sp³-hybridized carbons (Fsp3) is 0.571. The quantitative estimate of drug-likeness (QED) is 0.660. The first kappa shape index (κ1) is 17.3. The lowest BCUT2D eigenvalue weighted by molar-refractivity contribution is -0.0209. The molecule has 0 bridgehead atoms. The van der Waals surface area contributed by atoms with Crippen LogP contribution in [0.15, 0.2) is 30.3 Å². The minimum Gasteiger partial charge on any atom is -0.393 e. The Hall–Kier alpha value is -0.790. The van der Waals surface area contributed by atoms with Crippen molar-refractivity contribution >= 4 is 11.1 Å². The number of benzene rings is 1. The summed E-state index contributed by atoms with van der Waals surface area (Å²) < 4.78 is 15.6. The highest BCUT2D eigenvalue weighted by Gasteiger charge is 2.25. The molecule has 114 valence electrons. The lowest BCUT2D eigenvalue weighted by Gasteiger charge is -2.25. The Bertz CT molecular complexity index is 411. The number of aliphatic hydroxyl groups excluding tert-OH is 3. The molecule has 6 heteroatoms. The smallest absolute Gasteiger partial charge is 0.152 e. The van der Waals surface area contributed by atoms with E-state index in [2.05, 4.69) is 0 Å². The van der Waals surface area contributed by atoms with Gasteiger partial charge in [-0.15, -0.1) is 0 Å². The lowest BCUT2D eigenvalue weighted by Crippen LogP contribution is -2.34. The first-order valence-corrected chi connectivity index (χ1v) is 7.96. The van der Waals surface area contributed by atoms with E-state index in [1.165, 1.54) is 6.26 Å². The Morgan fingerprint density at radius 3 is 2.30 bits per heavy atom. The molecular formula is C14H22O5S. The van der Waals surface area contributed by atoms with Gasteiger partial charge in [-0.3, -0.25) is 4.18 Å². The van der Waals surface area contributed by atoms with E-state index in [1.807, 2.05) is 18.2 Å². The summed E-state index contributed by atoms with van der Waals surface area (Å²) in [7, 11) is 0. The van der Waals surface area contributed by atoms with Crippen molar-refractivity contribution in [3.05, 3.63) is 35.9 Å². The fourth-order valence-electron chi connectivity index (χ4n) is 1.83. The zero-order chi connectivity index (χ0) is 15.1. The summed E-state index contributed by atoms with van der Waals surface area (Å²) in [6.45, 7) is 1.55. The third kappa shape index (κ3) is 5.68. The van der Waals surface area contributed by atoms with Crippen molar-refractivity contribution in [2.24, 2.45) is 5.92 Å². The maximum Gasteiger partial charge on any atom is 0.152 e. The van der Waals surface area contributed by atoms with Gasteiger partial charge in [-0.25, -0.2) is 4.21 Å². The van der Waals surface area contributed by atoms with Crippen LogP contribution in [0.2, 0.25) is 0 Å². The van der Waals surface area contributed by atoms with E-state index in [9.17, 15) is 19.5 Å². The van der Waals surface area contributed by atoms with Gasteiger partial charge in [0.1, 0.15) is 0 Å². The maximum absolute atomic E-state index is 10.8. The van der Waals surface area contributed by atoms with E-state index in [4.69, 9.17) is 4.18 Å². The van der Waals surface area contributed by atoms with Crippen molar-refractivity contribution < 1.29 is 23.7 Å². The molecule has 0 saturated heterocycles. The molecule has 0 aliphatic heterocycles. The van der Waals surface area contributed by atoms with Crippen LogP contribution in [-0.2, 0) is 15.3 Å². The second-order valence-corrected chi connectivity index (χ2v) is 5.88. The average molecular weight is 302 g/mol. The summed E-state index contributed by atoms with van der Waals surface area (Å²) in [5, 5.41) is 29.9. The van der Waals surface area contributed by atoms with Crippen molar-refractivity contribution in [1.82, 2.24) is 0 Å². The van der Waals surface area contributed by atoms with Crippen molar-refractivity contribution in [1.29, 1.82) is 0 Å². The number of hydrogen-bond donors (Lipinski definition) is 3. The van der Waals surface area contributed by atoms with E-state index in [-0.39, 0.29) is 13.0 Å². The van der Waals surface area contributed by atoms with Gasteiger partial charge >= 0.3 is 0 Å². The standard InChI is InChI=1S/C14H22O5S/c1-10(14(17)9-19-20(2)18)12(15)8-13(16)11-6-4-3-5-7-11/h3-7,10,12-17H,8-9H2,1-2H3/t10-,12-,13-,14-,20?/m0/s1. The average Bonchev–Trinajstić information content (AvgIpc) is 2.44. The van der Waals surface area contributed by atoms with Crippen molar-refractivity contribution in [3.63, 3.8) is 0 Å². The molecule has 3 N–H and O–H groups in total. The van der Waals surface area contributed by atoms with Gasteiger partial charge in [-0.05, 0) is 5.56 Å². The molecule has 1 aromatic rings. The van der Waals surface area contributed by atoms with Crippen LogP contribution in [0.3, 0.4) is 0 Å². The van der Waals surface area contributed by atoms with Crippen LogP contribution in [0.5, 0.6) is 0 Å². The summed E-state index contributed by atoms with van der Waals surface area (Å²) in [5.74, 6) is -0.489. The molecule has 0 radical (unpaired) electrons. The first-order valence-electron chi connectivity index (χ1n) is 6.47. The molecule has 1 unspecified atom stereocenters. The van der Waals surface area contributed by atoms with Gasteiger partial charge in [0.2, 0.25) is 0 Å². The molecule has 0 amide bonds. The molecule has 0 aliphatic carbocycles. The second kappa shape index (κ2) is 8.49. The van der Waals surface area contributed by atoms with E-state index in [1.54, 1.807) is 19.1 Å². The molecule has 0 heterocycles. The number of aliphatic hydroxyl groups is 3. The molecule has 20 heavy (non-hydrogen) atoms. The molecule has 1 rings (SSSR count). The van der Waals surface area contributed by atoms with Crippen LogP contribution in [0.1, 0.15) is 25.0 Å². The van der Waals surface area contributed by atoms with Crippen LogP contribution >= 0.6 is 0 Å². The Balaban J connectivity index is 2.48. The predicted molar refractivity (Wildman–Crippen MR) is 77.2 cm³/mol. The zero-order valence-electron chi connectivity index (χ0n) is 11.7. The van der Waals surface area contributed by atoms with E-state index in [0.29, 0.717) is 0 Å². The Morgan fingerprint density at radius 2 is 1.75 bits per heavy atom. The summed E-state index contributed by atoms with van der Waals surface area (Å²) >= 11 is -1.45. The van der Waals surface area contributed by atoms with Crippen LogP contribution in [0.25, 0.3) is 0 Å². The molecular weight excluding hydrogens is 280 g/mol. The van der Waals surface area contributed by atoms with Crippen LogP contribution in [0, 0.1) is 5.92 Å². The number of hydrogen-bond acceptors (Lipinski definition) is 5. The maximum atomic E-state index is 10.8. The molecule has 5 nitrogen and oxygen atoms in total. The van der Waals surface area contributed by atoms with E-state index >= 15 is 0 Å². The lowest BCUT2D eigenvalue weighted by atomic mass is 9.92. The van der Waals surface area contributed by atoms with Crippen LogP contribution in [-0.4, -0.2) is 44.6 Å². The Labute approximate surface area is 121 Å². The second-order valence-electron chi connectivity index (χ2n) is 4.84. The van der Waals surface area contributed by atoms with Gasteiger partial charge in [-0.1, -0.05) is 37.3 Å². The topological polar surface area (TPSA) is 87.0 Å². The number of rotatable bonds is 8. The van der Waals surface area contributed by atoms with Crippen molar-refractivity contribution in [2.75, 3.05) is 12.9 Å². The molecule has 0 saturated carbocycles. The minimum absolute atomic E-state index is 0.108. The Morgan fingerprint density at radius 1 is 1.15 bits per heavy atom. The Kier molecular flexibility index (Phi) is 7.32. The summed E-state index contributed by atoms with van der Waals surface area (Å²) in [4.78, 5) is 0. The van der Waals surface area contributed by atoms with E-state index in [0.717, 1.165) is 5.56 Å². The first-order chi connectivity index (χ1) is 9.41. The molecule has 0 aliphatic rings. The van der Waals surface area contributed by atoms with Gasteiger partial charge in [-0.2, -0.15) is 0 Å². The normalized spacial score (nSPS) is 19.1. The van der Waals surface area contributed by atoms with E-state index < -0.39 is 35.3 Å². The van der Waals surface area contributed by atoms with Gasteiger partial charge in [0, 0.05) is 18.6 Å². The highest BCUT2D eigenvalue weighted by atomic mass is 32.2. The SMILES string of the molecule is C[C@H]([C@@H](O)COS(C)=O)[C@@H](O)C[C@H](O)c1ccccc1. The van der Waals surface area contributed by atoms with Crippen LogP contribution < -0.4 is 0 Å². The largest absolute Gasteiger partial charge is 0.393 e. The molecule has 0 spiro atoms. The third-order valence-corrected chi connectivity index (χ3v) is 3.74. The summed E-state index contributed by atoms with van der Waals surface area (Å²) in [6.07, 6.45) is -1.11. The molecule has 0 aromatic heterocycles. The van der Waals surface area contributed by atoms with Crippen LogP contribution in [0.4, 0.5) is 0 Å². The highest BCUT2D eigenvalue weighted by molar-refractivity contribution is 7.79. The zero-order valence-corrected chi connectivity index (χ0v) is 12.5. The van der Waals surface area contributed by atoms with Gasteiger partial charge < -0.3 is 15.3 Å². The molecule has 1 aromatic carbocycles. The van der Waals surface area contributed by atoms with Crippen molar-refractivity contribution in [2.45, 2.75) is 31.7 Å². The van der Waals surface area contributed by atoms with Crippen molar-refractivity contribution in [3.8, 4) is 0 Å².